The monoisotopic (exact) mass is 294 g/mol. The van der Waals surface area contributed by atoms with Gasteiger partial charge in [-0.1, -0.05) is 0 Å². The first-order chi connectivity index (χ1) is 9.83. The summed E-state index contributed by atoms with van der Waals surface area (Å²) in [7, 11) is 0. The van der Waals surface area contributed by atoms with E-state index in [0.717, 1.165) is 26.1 Å². The van der Waals surface area contributed by atoms with Crippen LogP contribution in [-0.2, 0) is 0 Å². The first kappa shape index (κ1) is 13.9. The standard InChI is InChI=1S/C14H22N4OS/c19-14(16-10-12-4-2-8-20-12)13-5-7-18(17-13)11-3-1-6-15-9-11/h5,7,11-12,15H,1-4,6,8-10H2,(H,16,19)/t11-,12+/m0/s1. The molecule has 2 saturated heterocycles. The summed E-state index contributed by atoms with van der Waals surface area (Å²) in [5, 5.41) is 11.4. The van der Waals surface area contributed by atoms with Crippen LogP contribution in [0.15, 0.2) is 12.3 Å². The molecule has 1 aromatic rings. The van der Waals surface area contributed by atoms with Gasteiger partial charge in [-0.25, -0.2) is 0 Å². The normalized spacial score (nSPS) is 26.6. The van der Waals surface area contributed by atoms with E-state index in [1.54, 1.807) is 0 Å². The highest BCUT2D eigenvalue weighted by molar-refractivity contribution is 8.00. The molecule has 2 N–H and O–H groups in total. The largest absolute Gasteiger partial charge is 0.350 e. The quantitative estimate of drug-likeness (QED) is 0.882. The Kier molecular flexibility index (Phi) is 4.62. The molecule has 0 saturated carbocycles. The molecule has 2 fully saturated rings. The van der Waals surface area contributed by atoms with Crippen LogP contribution in [0.3, 0.4) is 0 Å². The number of hydrogen-bond acceptors (Lipinski definition) is 4. The lowest BCUT2D eigenvalue weighted by molar-refractivity contribution is 0.0947. The SMILES string of the molecule is O=C(NC[C@H]1CCCS1)c1ccn([C@H]2CCCNC2)n1. The van der Waals surface area contributed by atoms with E-state index in [2.05, 4.69) is 15.7 Å². The molecule has 0 bridgehead atoms. The van der Waals surface area contributed by atoms with Gasteiger partial charge in [-0.3, -0.25) is 9.48 Å². The first-order valence-corrected chi connectivity index (χ1v) is 8.53. The highest BCUT2D eigenvalue weighted by atomic mass is 32.2. The molecular formula is C14H22N4OS. The van der Waals surface area contributed by atoms with Crippen LogP contribution in [0.2, 0.25) is 0 Å². The third-order valence-corrected chi connectivity index (χ3v) is 5.40. The number of thioether (sulfide) groups is 1. The Hall–Kier alpha value is -1.01. The summed E-state index contributed by atoms with van der Waals surface area (Å²) in [6.07, 6.45) is 6.72. The molecule has 0 aromatic carbocycles. The van der Waals surface area contributed by atoms with Gasteiger partial charge in [0.25, 0.3) is 5.91 Å². The predicted octanol–water partition coefficient (Wildman–Crippen LogP) is 1.43. The molecule has 1 aromatic heterocycles. The number of nitrogens with zero attached hydrogens (tertiary/aromatic N) is 2. The van der Waals surface area contributed by atoms with Gasteiger partial charge in [0.05, 0.1) is 6.04 Å². The predicted molar refractivity (Wildman–Crippen MR) is 81.2 cm³/mol. The minimum atomic E-state index is -0.0416. The van der Waals surface area contributed by atoms with E-state index >= 15 is 0 Å². The van der Waals surface area contributed by atoms with Crippen LogP contribution in [-0.4, -0.2) is 46.3 Å². The van der Waals surface area contributed by atoms with Gasteiger partial charge in [-0.15, -0.1) is 0 Å². The van der Waals surface area contributed by atoms with E-state index < -0.39 is 0 Å². The number of aromatic nitrogens is 2. The molecule has 110 valence electrons. The second kappa shape index (κ2) is 6.63. The summed E-state index contributed by atoms with van der Waals surface area (Å²) in [6.45, 7) is 2.80. The zero-order valence-corrected chi connectivity index (χ0v) is 12.5. The molecule has 3 heterocycles. The van der Waals surface area contributed by atoms with Crippen LogP contribution < -0.4 is 10.6 Å². The lowest BCUT2D eigenvalue weighted by atomic mass is 10.1. The van der Waals surface area contributed by atoms with Gasteiger partial charge in [0.1, 0.15) is 5.69 Å². The molecular weight excluding hydrogens is 272 g/mol. The molecule has 2 aliphatic heterocycles. The van der Waals surface area contributed by atoms with Crippen LogP contribution in [0.5, 0.6) is 0 Å². The van der Waals surface area contributed by atoms with Crippen LogP contribution in [0.1, 0.15) is 42.2 Å². The zero-order valence-electron chi connectivity index (χ0n) is 11.7. The van der Waals surface area contributed by atoms with Gasteiger partial charge in [0.2, 0.25) is 0 Å². The van der Waals surface area contributed by atoms with Gasteiger partial charge in [-0.05, 0) is 44.0 Å². The van der Waals surface area contributed by atoms with E-state index in [-0.39, 0.29) is 5.91 Å². The number of nitrogens with one attached hydrogen (secondary N) is 2. The average Bonchev–Trinajstić information content (AvgIpc) is 3.17. The Morgan fingerprint density at radius 2 is 2.45 bits per heavy atom. The Labute approximate surface area is 123 Å². The minimum Gasteiger partial charge on any atom is -0.350 e. The minimum absolute atomic E-state index is 0.0416. The number of carbonyl (C=O) groups is 1. The number of piperidine rings is 1. The van der Waals surface area contributed by atoms with Crippen LogP contribution in [0.4, 0.5) is 0 Å². The van der Waals surface area contributed by atoms with Crippen molar-refractivity contribution in [3.63, 3.8) is 0 Å². The van der Waals surface area contributed by atoms with Crippen molar-refractivity contribution < 1.29 is 4.79 Å². The lowest BCUT2D eigenvalue weighted by Gasteiger charge is -2.22. The van der Waals surface area contributed by atoms with Gasteiger partial charge in [-0.2, -0.15) is 16.9 Å². The van der Waals surface area contributed by atoms with Crippen molar-refractivity contribution in [3.8, 4) is 0 Å². The van der Waals surface area contributed by atoms with Gasteiger partial charge in [0, 0.05) is 24.5 Å². The number of rotatable bonds is 4. The fourth-order valence-corrected chi connectivity index (χ4v) is 4.03. The van der Waals surface area contributed by atoms with E-state index in [0.29, 0.717) is 17.0 Å². The average molecular weight is 294 g/mol. The summed E-state index contributed by atoms with van der Waals surface area (Å²) in [4.78, 5) is 12.1. The molecule has 1 amide bonds. The Morgan fingerprint density at radius 3 is 3.20 bits per heavy atom. The highest BCUT2D eigenvalue weighted by Gasteiger charge is 2.19. The van der Waals surface area contributed by atoms with Gasteiger partial charge < -0.3 is 10.6 Å². The summed E-state index contributed by atoms with van der Waals surface area (Å²) in [5.74, 6) is 1.18. The molecule has 2 aliphatic rings. The third kappa shape index (κ3) is 3.35. The topological polar surface area (TPSA) is 59.0 Å². The molecule has 0 spiro atoms. The van der Waals surface area contributed by atoms with Crippen molar-refractivity contribution in [1.82, 2.24) is 20.4 Å². The fourth-order valence-electron chi connectivity index (χ4n) is 2.82. The lowest BCUT2D eigenvalue weighted by Crippen LogP contribution is -2.32. The van der Waals surface area contributed by atoms with Crippen LogP contribution in [0.25, 0.3) is 0 Å². The van der Waals surface area contributed by atoms with Crippen molar-refractivity contribution in [2.45, 2.75) is 37.0 Å². The number of carbonyl (C=O) groups excluding carboxylic acids is 1. The molecule has 5 nitrogen and oxygen atoms in total. The first-order valence-electron chi connectivity index (χ1n) is 7.48. The maximum atomic E-state index is 12.1. The summed E-state index contributed by atoms with van der Waals surface area (Å²) in [6, 6.07) is 2.21. The molecule has 3 rings (SSSR count). The van der Waals surface area contributed by atoms with Crippen molar-refractivity contribution in [2.75, 3.05) is 25.4 Å². The summed E-state index contributed by atoms with van der Waals surface area (Å²) < 4.78 is 1.94. The molecule has 20 heavy (non-hydrogen) atoms. The molecule has 2 atom stereocenters. The molecule has 0 unspecified atom stereocenters. The molecule has 6 heteroatoms. The Bertz CT molecular complexity index is 450. The maximum absolute atomic E-state index is 12.1. The van der Waals surface area contributed by atoms with E-state index in [1.165, 1.54) is 25.0 Å². The molecule has 0 aliphatic carbocycles. The van der Waals surface area contributed by atoms with E-state index in [4.69, 9.17) is 0 Å². The Balaban J connectivity index is 1.53. The second-order valence-corrected chi connectivity index (χ2v) is 6.93. The Morgan fingerprint density at radius 1 is 1.50 bits per heavy atom. The van der Waals surface area contributed by atoms with Crippen LogP contribution in [0, 0.1) is 0 Å². The van der Waals surface area contributed by atoms with Crippen molar-refractivity contribution >= 4 is 17.7 Å². The van der Waals surface area contributed by atoms with Gasteiger partial charge >= 0.3 is 0 Å². The fraction of sp³-hybridized carbons (Fsp3) is 0.714. The smallest absolute Gasteiger partial charge is 0.271 e. The van der Waals surface area contributed by atoms with Crippen molar-refractivity contribution in [3.05, 3.63) is 18.0 Å². The zero-order chi connectivity index (χ0) is 13.8. The van der Waals surface area contributed by atoms with Crippen molar-refractivity contribution in [1.29, 1.82) is 0 Å². The summed E-state index contributed by atoms with van der Waals surface area (Å²) in [5.41, 5.74) is 0.540. The number of amides is 1. The maximum Gasteiger partial charge on any atom is 0.271 e. The van der Waals surface area contributed by atoms with E-state index in [1.807, 2.05) is 28.7 Å². The number of hydrogen-bond donors (Lipinski definition) is 2. The highest BCUT2D eigenvalue weighted by Crippen LogP contribution is 2.25. The second-order valence-electron chi connectivity index (χ2n) is 5.53. The van der Waals surface area contributed by atoms with E-state index in [9.17, 15) is 4.79 Å². The van der Waals surface area contributed by atoms with Crippen molar-refractivity contribution in [2.24, 2.45) is 0 Å². The van der Waals surface area contributed by atoms with Crippen LogP contribution >= 0.6 is 11.8 Å². The van der Waals surface area contributed by atoms with Gasteiger partial charge in [0.15, 0.2) is 0 Å². The molecule has 0 radical (unpaired) electrons. The third-order valence-electron chi connectivity index (χ3n) is 4.00. The summed E-state index contributed by atoms with van der Waals surface area (Å²) >= 11 is 1.96.